The molecule has 0 radical (unpaired) electrons. The fourth-order valence-electron chi connectivity index (χ4n) is 5.02. The van der Waals surface area contributed by atoms with Crippen molar-refractivity contribution in [3.63, 3.8) is 0 Å². The SMILES string of the molecule is NC(CC(=O)C(=O)c1ccccc1F)(C(=O)O)C1c2ccccc2N[C@@H]2CCC[C@H]12. The number of hydrogen-bond acceptors (Lipinski definition) is 5. The Bertz CT molecular complexity index is 1020. The molecule has 7 heteroatoms. The molecule has 1 heterocycles. The Morgan fingerprint density at radius 3 is 2.53 bits per heavy atom. The zero-order valence-corrected chi connectivity index (χ0v) is 16.3. The first kappa shape index (κ1) is 20.2. The first-order chi connectivity index (χ1) is 14.3. The molecule has 2 aromatic rings. The van der Waals surface area contributed by atoms with Crippen molar-refractivity contribution in [1.82, 2.24) is 0 Å². The number of halogens is 1. The van der Waals surface area contributed by atoms with Gasteiger partial charge in [-0.15, -0.1) is 0 Å². The fraction of sp³-hybridized carbons (Fsp3) is 0.348. The number of anilines is 1. The van der Waals surface area contributed by atoms with Gasteiger partial charge < -0.3 is 16.2 Å². The number of para-hydroxylation sites is 1. The van der Waals surface area contributed by atoms with Crippen LogP contribution >= 0.6 is 0 Å². The van der Waals surface area contributed by atoms with Gasteiger partial charge in [0.25, 0.3) is 0 Å². The molecule has 6 nitrogen and oxygen atoms in total. The lowest BCUT2D eigenvalue weighted by Gasteiger charge is -2.44. The van der Waals surface area contributed by atoms with Gasteiger partial charge in [0.2, 0.25) is 11.6 Å². The molecule has 4 rings (SSSR count). The van der Waals surface area contributed by atoms with E-state index < -0.39 is 41.2 Å². The number of benzene rings is 2. The standard InChI is InChI=1S/C23H23FN2O4/c24-16-9-3-1-6-13(16)21(28)19(27)12-23(25,22(29)30)20-14-7-2-4-10-17(14)26-18-11-5-8-15(18)20/h1-4,6-7,9-10,15,18,20,26H,5,8,11-12,25H2,(H,29,30)/t15-,18+,20?,23?/m0/s1. The first-order valence-electron chi connectivity index (χ1n) is 10.0. The van der Waals surface area contributed by atoms with Gasteiger partial charge in [-0.2, -0.15) is 0 Å². The number of carbonyl (C=O) groups is 3. The molecule has 156 valence electrons. The summed E-state index contributed by atoms with van der Waals surface area (Å²) in [6, 6.07) is 12.5. The van der Waals surface area contributed by atoms with Crippen LogP contribution in [-0.4, -0.2) is 34.2 Å². The van der Waals surface area contributed by atoms with Crippen LogP contribution in [0.2, 0.25) is 0 Å². The number of carboxylic acid groups (broad SMARTS) is 1. The third-order valence-corrected chi connectivity index (χ3v) is 6.41. The minimum Gasteiger partial charge on any atom is -0.480 e. The summed E-state index contributed by atoms with van der Waals surface area (Å²) in [4.78, 5) is 37.8. The zero-order valence-electron chi connectivity index (χ0n) is 16.3. The highest BCUT2D eigenvalue weighted by atomic mass is 19.1. The maximum atomic E-state index is 14.0. The minimum atomic E-state index is -1.98. The van der Waals surface area contributed by atoms with Crippen LogP contribution in [0.5, 0.6) is 0 Å². The Morgan fingerprint density at radius 2 is 1.80 bits per heavy atom. The van der Waals surface area contributed by atoms with Crippen LogP contribution in [0.1, 0.15) is 47.5 Å². The van der Waals surface area contributed by atoms with Crippen molar-refractivity contribution in [2.45, 2.75) is 43.2 Å². The number of nitrogens with two attached hydrogens (primary N) is 1. The molecule has 0 spiro atoms. The third-order valence-electron chi connectivity index (χ3n) is 6.41. The monoisotopic (exact) mass is 410 g/mol. The largest absolute Gasteiger partial charge is 0.480 e. The van der Waals surface area contributed by atoms with Gasteiger partial charge in [-0.1, -0.05) is 36.8 Å². The van der Waals surface area contributed by atoms with Crippen LogP contribution in [0.15, 0.2) is 48.5 Å². The lowest BCUT2D eigenvalue weighted by Crippen LogP contribution is -2.59. The predicted molar refractivity (Wildman–Crippen MR) is 109 cm³/mol. The summed E-state index contributed by atoms with van der Waals surface area (Å²) in [5, 5.41) is 13.6. The van der Waals surface area contributed by atoms with Crippen LogP contribution in [0.4, 0.5) is 10.1 Å². The first-order valence-corrected chi connectivity index (χ1v) is 10.0. The molecule has 0 saturated heterocycles. The van der Waals surface area contributed by atoms with Crippen LogP contribution in [-0.2, 0) is 9.59 Å². The van der Waals surface area contributed by atoms with E-state index in [1.54, 1.807) is 6.07 Å². The van der Waals surface area contributed by atoms with E-state index in [0.717, 1.165) is 36.6 Å². The molecule has 1 saturated carbocycles. The molecule has 4 atom stereocenters. The molecular weight excluding hydrogens is 387 g/mol. The van der Waals surface area contributed by atoms with E-state index in [0.29, 0.717) is 0 Å². The molecule has 2 aromatic carbocycles. The van der Waals surface area contributed by atoms with E-state index in [4.69, 9.17) is 5.73 Å². The number of fused-ring (bicyclic) bond motifs is 2. The van der Waals surface area contributed by atoms with Crippen LogP contribution in [0.3, 0.4) is 0 Å². The number of Topliss-reactive ketones (excluding diaryl/α,β-unsaturated/α-hetero) is 2. The number of rotatable bonds is 6. The summed E-state index contributed by atoms with van der Waals surface area (Å²) in [6.07, 6.45) is 1.88. The van der Waals surface area contributed by atoms with Gasteiger partial charge in [-0.05, 0) is 42.5 Å². The van der Waals surface area contributed by atoms with E-state index in [1.807, 2.05) is 18.2 Å². The predicted octanol–water partition coefficient (Wildman–Crippen LogP) is 3.13. The van der Waals surface area contributed by atoms with E-state index in [1.165, 1.54) is 18.2 Å². The van der Waals surface area contributed by atoms with Crippen molar-refractivity contribution < 1.29 is 23.9 Å². The summed E-state index contributed by atoms with van der Waals surface area (Å²) in [7, 11) is 0. The number of aliphatic carboxylic acids is 1. The number of carbonyl (C=O) groups excluding carboxylic acids is 2. The number of carboxylic acids is 1. The van der Waals surface area contributed by atoms with E-state index >= 15 is 0 Å². The molecule has 1 fully saturated rings. The molecule has 2 unspecified atom stereocenters. The molecule has 0 bridgehead atoms. The van der Waals surface area contributed by atoms with Crippen LogP contribution < -0.4 is 11.1 Å². The zero-order chi connectivity index (χ0) is 21.5. The third kappa shape index (κ3) is 3.29. The quantitative estimate of drug-likeness (QED) is 0.499. The lowest BCUT2D eigenvalue weighted by atomic mass is 9.66. The second-order valence-electron chi connectivity index (χ2n) is 8.16. The second kappa shape index (κ2) is 7.65. The van der Waals surface area contributed by atoms with E-state index in [2.05, 4.69) is 5.32 Å². The maximum absolute atomic E-state index is 14.0. The van der Waals surface area contributed by atoms with Gasteiger partial charge in [0, 0.05) is 24.1 Å². The summed E-state index contributed by atoms with van der Waals surface area (Å²) < 4.78 is 14.0. The fourth-order valence-corrected chi connectivity index (χ4v) is 5.02. The minimum absolute atomic E-state index is 0.0598. The lowest BCUT2D eigenvalue weighted by molar-refractivity contribution is -0.146. The number of ketones is 2. The molecule has 0 aromatic heterocycles. The van der Waals surface area contributed by atoms with Gasteiger partial charge in [-0.25, -0.2) is 4.39 Å². The second-order valence-corrected chi connectivity index (χ2v) is 8.16. The number of nitrogens with one attached hydrogen (secondary N) is 1. The molecule has 0 amide bonds. The van der Waals surface area contributed by atoms with Gasteiger partial charge in [0.05, 0.1) is 5.56 Å². The Hall–Kier alpha value is -3.06. The molecule has 2 aliphatic rings. The topological polar surface area (TPSA) is 109 Å². The number of hydrogen-bond donors (Lipinski definition) is 3. The van der Waals surface area contributed by atoms with Crippen molar-refractivity contribution >= 4 is 23.2 Å². The highest BCUT2D eigenvalue weighted by molar-refractivity contribution is 6.44. The van der Waals surface area contributed by atoms with E-state index in [9.17, 15) is 23.9 Å². The van der Waals surface area contributed by atoms with Gasteiger partial charge in [-0.3, -0.25) is 14.4 Å². The van der Waals surface area contributed by atoms with Gasteiger partial charge >= 0.3 is 5.97 Å². The Morgan fingerprint density at radius 1 is 1.10 bits per heavy atom. The summed E-state index contributed by atoms with van der Waals surface area (Å²) in [5.41, 5.74) is 5.62. The van der Waals surface area contributed by atoms with Gasteiger partial charge in [0.15, 0.2) is 0 Å². The summed E-state index contributed by atoms with van der Waals surface area (Å²) in [5.74, 6) is -4.94. The Labute approximate surface area is 173 Å². The molecule has 1 aliphatic heterocycles. The average Bonchev–Trinajstić information content (AvgIpc) is 3.19. The summed E-state index contributed by atoms with van der Waals surface area (Å²) in [6.45, 7) is 0. The smallest absolute Gasteiger partial charge is 0.324 e. The molecule has 4 N–H and O–H groups in total. The Kier molecular flexibility index (Phi) is 5.15. The van der Waals surface area contributed by atoms with Crippen LogP contribution in [0, 0.1) is 11.7 Å². The van der Waals surface area contributed by atoms with E-state index in [-0.39, 0.29) is 17.5 Å². The van der Waals surface area contributed by atoms with Gasteiger partial charge in [0.1, 0.15) is 11.4 Å². The van der Waals surface area contributed by atoms with Crippen molar-refractivity contribution in [3.8, 4) is 0 Å². The highest BCUT2D eigenvalue weighted by Gasteiger charge is 2.53. The highest BCUT2D eigenvalue weighted by Crippen LogP contribution is 2.50. The van der Waals surface area contributed by atoms with Crippen molar-refractivity contribution in [2.24, 2.45) is 11.7 Å². The molecule has 30 heavy (non-hydrogen) atoms. The average molecular weight is 410 g/mol. The van der Waals surface area contributed by atoms with Crippen LogP contribution in [0.25, 0.3) is 0 Å². The van der Waals surface area contributed by atoms with Crippen molar-refractivity contribution in [1.29, 1.82) is 0 Å². The van der Waals surface area contributed by atoms with Crippen molar-refractivity contribution in [2.75, 3.05) is 5.32 Å². The normalized spacial score (nSPS) is 24.1. The Balaban J connectivity index is 1.72. The molecule has 1 aliphatic carbocycles. The maximum Gasteiger partial charge on any atom is 0.324 e. The molecular formula is C23H23FN2O4. The van der Waals surface area contributed by atoms with Crippen molar-refractivity contribution in [3.05, 3.63) is 65.5 Å². The summed E-state index contributed by atoms with van der Waals surface area (Å²) >= 11 is 0.